The number of hydrogen-bond acceptors (Lipinski definition) is 3. The maximum Gasteiger partial charge on any atom is 0.244 e. The van der Waals surface area contributed by atoms with E-state index in [4.69, 9.17) is 0 Å². The molecule has 4 nitrogen and oxygen atoms in total. The van der Waals surface area contributed by atoms with Crippen LogP contribution in [0.15, 0.2) is 22.0 Å². The topological polar surface area (TPSA) is 58.2 Å². The monoisotopic (exact) mass is 342 g/mol. The van der Waals surface area contributed by atoms with Crippen molar-refractivity contribution in [2.24, 2.45) is 5.92 Å². The van der Waals surface area contributed by atoms with E-state index in [-0.39, 0.29) is 17.7 Å². The van der Waals surface area contributed by atoms with Gasteiger partial charge in [-0.3, -0.25) is 9.59 Å². The number of amides is 2. The van der Waals surface area contributed by atoms with Crippen molar-refractivity contribution in [3.8, 4) is 0 Å². The molecule has 1 aromatic rings. The summed E-state index contributed by atoms with van der Waals surface area (Å²) in [7, 11) is 0. The first kappa shape index (κ1) is 14.3. The van der Waals surface area contributed by atoms with E-state index in [2.05, 4.69) is 26.6 Å². The van der Waals surface area contributed by atoms with E-state index in [1.165, 1.54) is 6.08 Å². The quantitative estimate of drug-likeness (QED) is 0.614. The van der Waals surface area contributed by atoms with E-state index < -0.39 is 0 Å². The first-order valence-electron chi connectivity index (χ1n) is 6.14. The molecule has 6 heteroatoms. The van der Waals surface area contributed by atoms with Gasteiger partial charge in [-0.25, -0.2) is 0 Å². The summed E-state index contributed by atoms with van der Waals surface area (Å²) in [4.78, 5) is 23.8. The van der Waals surface area contributed by atoms with Crippen LogP contribution in [0.1, 0.15) is 17.7 Å². The van der Waals surface area contributed by atoms with E-state index >= 15 is 0 Å². The molecule has 102 valence electrons. The molecule has 1 fully saturated rings. The minimum Gasteiger partial charge on any atom is -0.354 e. The molecule has 1 aromatic heterocycles. The molecule has 1 aliphatic rings. The van der Waals surface area contributed by atoms with Crippen LogP contribution in [-0.4, -0.2) is 24.9 Å². The third-order valence-electron chi connectivity index (χ3n) is 2.66. The average Bonchev–Trinajstić information content (AvgIpc) is 3.15. The Kier molecular flexibility index (Phi) is 5.15. The van der Waals surface area contributed by atoms with E-state index in [1.807, 2.05) is 12.1 Å². The van der Waals surface area contributed by atoms with Gasteiger partial charge in [-0.1, -0.05) is 0 Å². The number of carbonyl (C=O) groups excluding carboxylic acids is 2. The lowest BCUT2D eigenvalue weighted by molar-refractivity contribution is -0.122. The van der Waals surface area contributed by atoms with Crippen LogP contribution in [0, 0.1) is 5.92 Å². The minimum absolute atomic E-state index is 0.105. The van der Waals surface area contributed by atoms with Crippen LogP contribution in [0.5, 0.6) is 0 Å². The Bertz CT molecular complexity index is 495. The number of hydrogen-bond donors (Lipinski definition) is 2. The molecule has 1 heterocycles. The van der Waals surface area contributed by atoms with Crippen LogP contribution < -0.4 is 10.6 Å². The van der Waals surface area contributed by atoms with Crippen LogP contribution >= 0.6 is 27.3 Å². The molecule has 0 aromatic carbocycles. The standard InChI is InChI=1S/C13H15BrN2O2S/c14-11-5-3-10(19-11)4-6-12(17)15-7-8-16-13(18)9-1-2-9/h3-6,9H,1-2,7-8H2,(H,15,17)(H,16,18)/b6-4+. The molecule has 0 aliphatic heterocycles. The molecule has 19 heavy (non-hydrogen) atoms. The van der Waals surface area contributed by atoms with Crippen molar-refractivity contribution in [1.82, 2.24) is 10.6 Å². The van der Waals surface area contributed by atoms with Crippen molar-refractivity contribution in [2.45, 2.75) is 12.8 Å². The third kappa shape index (κ3) is 5.16. The summed E-state index contributed by atoms with van der Waals surface area (Å²) in [5.74, 6) is 0.172. The second-order valence-electron chi connectivity index (χ2n) is 4.33. The molecular formula is C13H15BrN2O2S. The first-order valence-corrected chi connectivity index (χ1v) is 7.75. The molecule has 0 atom stereocenters. The zero-order valence-corrected chi connectivity index (χ0v) is 12.7. The Morgan fingerprint density at radius 2 is 2.05 bits per heavy atom. The second kappa shape index (κ2) is 6.86. The third-order valence-corrected chi connectivity index (χ3v) is 4.25. The Labute approximate surface area is 124 Å². The predicted molar refractivity (Wildman–Crippen MR) is 79.8 cm³/mol. The van der Waals surface area contributed by atoms with Crippen molar-refractivity contribution in [2.75, 3.05) is 13.1 Å². The molecule has 0 bridgehead atoms. The Morgan fingerprint density at radius 3 is 2.68 bits per heavy atom. The van der Waals surface area contributed by atoms with Gasteiger partial charge in [0.15, 0.2) is 0 Å². The lowest BCUT2D eigenvalue weighted by Gasteiger charge is -2.04. The maximum atomic E-state index is 11.5. The van der Waals surface area contributed by atoms with Crippen LogP contribution in [-0.2, 0) is 9.59 Å². The van der Waals surface area contributed by atoms with Gasteiger partial charge in [0.25, 0.3) is 0 Å². The summed E-state index contributed by atoms with van der Waals surface area (Å²) in [6, 6.07) is 3.88. The highest BCUT2D eigenvalue weighted by Crippen LogP contribution is 2.28. The summed E-state index contributed by atoms with van der Waals surface area (Å²) in [6.07, 6.45) is 5.27. The molecular weight excluding hydrogens is 328 g/mol. The highest BCUT2D eigenvalue weighted by atomic mass is 79.9. The van der Waals surface area contributed by atoms with Crippen molar-refractivity contribution >= 4 is 45.2 Å². The van der Waals surface area contributed by atoms with Gasteiger partial charge in [0, 0.05) is 30.0 Å². The molecule has 0 spiro atoms. The Morgan fingerprint density at radius 1 is 1.32 bits per heavy atom. The summed E-state index contributed by atoms with van der Waals surface area (Å²) in [5.41, 5.74) is 0. The van der Waals surface area contributed by atoms with Crippen molar-refractivity contribution < 1.29 is 9.59 Å². The van der Waals surface area contributed by atoms with Crippen LogP contribution in [0.25, 0.3) is 6.08 Å². The van der Waals surface area contributed by atoms with Gasteiger partial charge in [-0.05, 0) is 47.0 Å². The van der Waals surface area contributed by atoms with Gasteiger partial charge in [0.05, 0.1) is 3.79 Å². The highest BCUT2D eigenvalue weighted by Gasteiger charge is 2.28. The van der Waals surface area contributed by atoms with E-state index in [0.717, 1.165) is 21.5 Å². The first-order chi connectivity index (χ1) is 9.15. The molecule has 2 amide bonds. The number of rotatable bonds is 6. The fourth-order valence-corrected chi connectivity index (χ4v) is 2.82. The van der Waals surface area contributed by atoms with Crippen molar-refractivity contribution in [1.29, 1.82) is 0 Å². The molecule has 0 radical (unpaired) electrons. The Balaban J connectivity index is 1.61. The summed E-state index contributed by atoms with van der Waals surface area (Å²) in [6.45, 7) is 0.940. The average molecular weight is 343 g/mol. The van der Waals surface area contributed by atoms with Crippen LogP contribution in [0.4, 0.5) is 0 Å². The van der Waals surface area contributed by atoms with Crippen molar-refractivity contribution in [3.05, 3.63) is 26.9 Å². The Hall–Kier alpha value is -1.14. The van der Waals surface area contributed by atoms with Crippen LogP contribution in [0.2, 0.25) is 0 Å². The SMILES string of the molecule is O=C(/C=C/c1ccc(Br)s1)NCCNC(=O)C1CC1. The van der Waals surface area contributed by atoms with Gasteiger partial charge < -0.3 is 10.6 Å². The van der Waals surface area contributed by atoms with Crippen LogP contribution in [0.3, 0.4) is 0 Å². The van der Waals surface area contributed by atoms with Gasteiger partial charge in [0.1, 0.15) is 0 Å². The predicted octanol–water partition coefficient (Wildman–Crippen LogP) is 2.17. The van der Waals surface area contributed by atoms with E-state index in [0.29, 0.717) is 13.1 Å². The largest absolute Gasteiger partial charge is 0.354 e. The number of halogens is 1. The number of nitrogens with one attached hydrogen (secondary N) is 2. The fraction of sp³-hybridized carbons (Fsp3) is 0.385. The smallest absolute Gasteiger partial charge is 0.244 e. The van der Waals surface area contributed by atoms with E-state index in [9.17, 15) is 9.59 Å². The minimum atomic E-state index is -0.148. The normalized spacial score (nSPS) is 14.6. The lowest BCUT2D eigenvalue weighted by Crippen LogP contribution is -2.34. The lowest BCUT2D eigenvalue weighted by atomic mass is 10.4. The second-order valence-corrected chi connectivity index (χ2v) is 6.83. The van der Waals surface area contributed by atoms with Gasteiger partial charge in [-0.2, -0.15) is 0 Å². The van der Waals surface area contributed by atoms with Gasteiger partial charge in [-0.15, -0.1) is 11.3 Å². The summed E-state index contributed by atoms with van der Waals surface area (Å²) >= 11 is 4.93. The molecule has 0 unspecified atom stereocenters. The zero-order chi connectivity index (χ0) is 13.7. The highest BCUT2D eigenvalue weighted by molar-refractivity contribution is 9.11. The molecule has 2 rings (SSSR count). The number of thiophene rings is 1. The summed E-state index contributed by atoms with van der Waals surface area (Å²) in [5, 5.41) is 5.52. The molecule has 1 saturated carbocycles. The van der Waals surface area contributed by atoms with Gasteiger partial charge in [0.2, 0.25) is 11.8 Å². The molecule has 0 saturated heterocycles. The van der Waals surface area contributed by atoms with Gasteiger partial charge >= 0.3 is 0 Å². The molecule has 2 N–H and O–H groups in total. The maximum absolute atomic E-state index is 11.5. The summed E-state index contributed by atoms with van der Waals surface area (Å²) < 4.78 is 1.04. The van der Waals surface area contributed by atoms with E-state index in [1.54, 1.807) is 17.4 Å². The van der Waals surface area contributed by atoms with Crippen molar-refractivity contribution in [3.63, 3.8) is 0 Å². The number of carbonyl (C=O) groups is 2. The fourth-order valence-electron chi connectivity index (χ4n) is 1.50. The molecule has 1 aliphatic carbocycles. The zero-order valence-electron chi connectivity index (χ0n) is 10.3.